The highest BCUT2D eigenvalue weighted by atomic mass is 19.3. The summed E-state index contributed by atoms with van der Waals surface area (Å²) in [6.45, 7) is 2.81. The van der Waals surface area contributed by atoms with Gasteiger partial charge in [-0.15, -0.1) is 0 Å². The fourth-order valence-corrected chi connectivity index (χ4v) is 2.60. The largest absolute Gasteiger partial charge is 0.496 e. The number of benzene rings is 1. The molecule has 0 spiro atoms. The average molecular weight is 255 g/mol. The molecule has 18 heavy (non-hydrogen) atoms. The molecule has 0 aromatic heterocycles. The van der Waals surface area contributed by atoms with Gasteiger partial charge in [-0.25, -0.2) is 8.78 Å². The Hall–Kier alpha value is -1.16. The van der Waals surface area contributed by atoms with Gasteiger partial charge < -0.3 is 10.5 Å². The van der Waals surface area contributed by atoms with Crippen molar-refractivity contribution in [1.29, 1.82) is 0 Å². The quantitative estimate of drug-likeness (QED) is 0.896. The van der Waals surface area contributed by atoms with Crippen molar-refractivity contribution in [1.82, 2.24) is 0 Å². The summed E-state index contributed by atoms with van der Waals surface area (Å²) in [6.07, 6.45) is 1.86. The molecule has 0 aliphatic heterocycles. The van der Waals surface area contributed by atoms with Gasteiger partial charge in [-0.2, -0.15) is 0 Å². The van der Waals surface area contributed by atoms with E-state index in [-0.39, 0.29) is 17.0 Å². The van der Waals surface area contributed by atoms with Gasteiger partial charge in [0.2, 0.25) is 0 Å². The molecule has 1 aliphatic carbocycles. The molecule has 1 atom stereocenters. The number of hydrogen-bond acceptors (Lipinski definition) is 2. The van der Waals surface area contributed by atoms with E-state index in [1.807, 2.05) is 13.0 Å². The van der Waals surface area contributed by atoms with Gasteiger partial charge in [0.25, 0.3) is 5.92 Å². The predicted molar refractivity (Wildman–Crippen MR) is 67.1 cm³/mol. The molecule has 4 heteroatoms. The maximum atomic E-state index is 13.6. The Labute approximate surface area is 106 Å². The number of halogens is 2. The number of rotatable bonds is 4. The van der Waals surface area contributed by atoms with Crippen LogP contribution < -0.4 is 10.5 Å². The second-order valence-electron chi connectivity index (χ2n) is 5.22. The van der Waals surface area contributed by atoms with E-state index in [2.05, 4.69) is 0 Å². The zero-order valence-corrected chi connectivity index (χ0v) is 11.0. The standard InChI is InChI=1S/C14H19F2NO/c1-9(17)14(7-8-14)11-6-4-5-10(12(11)18-3)13(2,15)16/h4-6,9H,7-8,17H2,1-3H3. The van der Waals surface area contributed by atoms with Crippen LogP contribution in [0.2, 0.25) is 0 Å². The van der Waals surface area contributed by atoms with Crippen LogP contribution in [0.3, 0.4) is 0 Å². The minimum Gasteiger partial charge on any atom is -0.496 e. The van der Waals surface area contributed by atoms with Gasteiger partial charge in [-0.05, 0) is 25.8 Å². The van der Waals surface area contributed by atoms with Crippen molar-refractivity contribution in [2.75, 3.05) is 7.11 Å². The third-order valence-electron chi connectivity index (χ3n) is 3.89. The van der Waals surface area contributed by atoms with Crippen LogP contribution in [-0.4, -0.2) is 13.2 Å². The molecule has 1 saturated carbocycles. The molecule has 0 saturated heterocycles. The number of ether oxygens (including phenoxy) is 1. The third kappa shape index (κ3) is 1.99. The van der Waals surface area contributed by atoms with Crippen LogP contribution in [0, 0.1) is 0 Å². The highest BCUT2D eigenvalue weighted by molar-refractivity contribution is 5.50. The Morgan fingerprint density at radius 2 is 2.00 bits per heavy atom. The lowest BCUT2D eigenvalue weighted by Crippen LogP contribution is -2.32. The number of alkyl halides is 2. The van der Waals surface area contributed by atoms with Crippen LogP contribution >= 0.6 is 0 Å². The topological polar surface area (TPSA) is 35.2 Å². The zero-order valence-electron chi connectivity index (χ0n) is 11.0. The summed E-state index contributed by atoms with van der Waals surface area (Å²) in [6, 6.07) is 4.86. The Morgan fingerprint density at radius 1 is 1.39 bits per heavy atom. The van der Waals surface area contributed by atoms with Gasteiger partial charge in [-0.1, -0.05) is 12.1 Å². The Kier molecular flexibility index (Phi) is 3.09. The van der Waals surface area contributed by atoms with E-state index in [1.165, 1.54) is 13.2 Å². The molecule has 1 aliphatic rings. The van der Waals surface area contributed by atoms with Crippen molar-refractivity contribution in [3.05, 3.63) is 29.3 Å². The molecule has 0 radical (unpaired) electrons. The third-order valence-corrected chi connectivity index (χ3v) is 3.89. The van der Waals surface area contributed by atoms with Gasteiger partial charge in [0.15, 0.2) is 0 Å². The Bertz CT molecular complexity index is 448. The minimum absolute atomic E-state index is 0.0607. The van der Waals surface area contributed by atoms with Crippen LogP contribution in [0.15, 0.2) is 18.2 Å². The number of hydrogen-bond donors (Lipinski definition) is 1. The molecule has 0 heterocycles. The molecule has 2 nitrogen and oxygen atoms in total. The molecular formula is C14H19F2NO. The molecular weight excluding hydrogens is 236 g/mol. The van der Waals surface area contributed by atoms with Gasteiger partial charge in [0.1, 0.15) is 5.75 Å². The smallest absolute Gasteiger partial charge is 0.274 e. The monoisotopic (exact) mass is 255 g/mol. The molecule has 2 N–H and O–H groups in total. The van der Waals surface area contributed by atoms with E-state index in [0.717, 1.165) is 25.3 Å². The highest BCUT2D eigenvalue weighted by Crippen LogP contribution is 2.54. The van der Waals surface area contributed by atoms with Crippen molar-refractivity contribution in [2.45, 2.75) is 44.1 Å². The molecule has 1 aromatic rings. The molecule has 2 rings (SSSR count). The first kappa shape index (κ1) is 13.3. The van der Waals surface area contributed by atoms with E-state index in [0.29, 0.717) is 5.75 Å². The van der Waals surface area contributed by atoms with E-state index < -0.39 is 5.92 Å². The zero-order chi connectivity index (χ0) is 13.6. The van der Waals surface area contributed by atoms with E-state index >= 15 is 0 Å². The number of methoxy groups -OCH3 is 1. The summed E-state index contributed by atoms with van der Waals surface area (Å²) < 4.78 is 32.4. The van der Waals surface area contributed by atoms with Crippen LogP contribution in [0.4, 0.5) is 8.78 Å². The molecule has 100 valence electrons. The summed E-state index contributed by atoms with van der Waals surface area (Å²) in [5, 5.41) is 0. The molecule has 1 unspecified atom stereocenters. The number of nitrogens with two attached hydrogens (primary N) is 1. The first-order chi connectivity index (χ1) is 8.33. The van der Waals surface area contributed by atoms with Gasteiger partial charge in [0, 0.05) is 23.9 Å². The molecule has 0 bridgehead atoms. The second-order valence-corrected chi connectivity index (χ2v) is 5.22. The van der Waals surface area contributed by atoms with E-state index in [9.17, 15) is 8.78 Å². The van der Waals surface area contributed by atoms with Crippen LogP contribution in [0.1, 0.15) is 37.8 Å². The lowest BCUT2D eigenvalue weighted by atomic mass is 9.86. The summed E-state index contributed by atoms with van der Waals surface area (Å²) in [7, 11) is 1.44. The van der Waals surface area contributed by atoms with Crippen LogP contribution in [-0.2, 0) is 11.3 Å². The Balaban J connectivity index is 2.56. The predicted octanol–water partition coefficient (Wildman–Crippen LogP) is 3.19. The fraction of sp³-hybridized carbons (Fsp3) is 0.571. The van der Waals surface area contributed by atoms with Crippen molar-refractivity contribution in [2.24, 2.45) is 5.73 Å². The van der Waals surface area contributed by atoms with E-state index in [4.69, 9.17) is 10.5 Å². The summed E-state index contributed by atoms with van der Waals surface area (Å²) in [4.78, 5) is 0. The van der Waals surface area contributed by atoms with Gasteiger partial charge in [0.05, 0.1) is 12.7 Å². The highest BCUT2D eigenvalue weighted by Gasteiger charge is 2.50. The normalized spacial score (nSPS) is 19.4. The minimum atomic E-state index is -2.91. The Morgan fingerprint density at radius 3 is 2.39 bits per heavy atom. The second kappa shape index (κ2) is 4.19. The van der Waals surface area contributed by atoms with Gasteiger partial charge >= 0.3 is 0 Å². The van der Waals surface area contributed by atoms with E-state index in [1.54, 1.807) is 6.07 Å². The summed E-state index contributed by atoms with van der Waals surface area (Å²) in [5.41, 5.74) is 6.57. The van der Waals surface area contributed by atoms with Crippen molar-refractivity contribution in [3.8, 4) is 5.75 Å². The maximum absolute atomic E-state index is 13.6. The van der Waals surface area contributed by atoms with Crippen molar-refractivity contribution >= 4 is 0 Å². The molecule has 1 fully saturated rings. The first-order valence-corrected chi connectivity index (χ1v) is 6.14. The first-order valence-electron chi connectivity index (χ1n) is 6.14. The molecule has 0 amide bonds. The summed E-state index contributed by atoms with van der Waals surface area (Å²) in [5.74, 6) is -2.62. The fourth-order valence-electron chi connectivity index (χ4n) is 2.60. The number of para-hydroxylation sites is 1. The molecule has 1 aromatic carbocycles. The average Bonchev–Trinajstić information content (AvgIpc) is 3.07. The summed E-state index contributed by atoms with van der Waals surface area (Å²) >= 11 is 0. The lowest BCUT2D eigenvalue weighted by molar-refractivity contribution is 0.0148. The SMILES string of the molecule is COc1c(C(C)(F)F)cccc1C1(C(C)N)CC1. The van der Waals surface area contributed by atoms with Crippen LogP contribution in [0.5, 0.6) is 5.75 Å². The maximum Gasteiger partial charge on any atom is 0.274 e. The van der Waals surface area contributed by atoms with Crippen molar-refractivity contribution < 1.29 is 13.5 Å². The van der Waals surface area contributed by atoms with Crippen LogP contribution in [0.25, 0.3) is 0 Å². The van der Waals surface area contributed by atoms with Crippen molar-refractivity contribution in [3.63, 3.8) is 0 Å². The van der Waals surface area contributed by atoms with Gasteiger partial charge in [-0.3, -0.25) is 0 Å². The lowest BCUT2D eigenvalue weighted by Gasteiger charge is -2.25.